The fourth-order valence-corrected chi connectivity index (χ4v) is 1.84. The molecule has 0 bridgehead atoms. The van der Waals surface area contributed by atoms with E-state index in [4.69, 9.17) is 5.53 Å². The molecule has 0 amide bonds. The van der Waals surface area contributed by atoms with Gasteiger partial charge in [0.2, 0.25) is 0 Å². The zero-order chi connectivity index (χ0) is 9.80. The fraction of sp³-hybridized carbons (Fsp3) is 0.125. The number of rotatable bonds is 3. The van der Waals surface area contributed by atoms with Gasteiger partial charge in [0.05, 0.1) is 18.4 Å². The van der Waals surface area contributed by atoms with Crippen molar-refractivity contribution in [3.8, 4) is 11.3 Å². The van der Waals surface area contributed by atoms with Crippen molar-refractivity contribution < 1.29 is 0 Å². The average Bonchev–Trinajstić information content (AvgIpc) is 2.84. The summed E-state index contributed by atoms with van der Waals surface area (Å²) in [7, 11) is 0. The van der Waals surface area contributed by atoms with Crippen molar-refractivity contribution in [3.63, 3.8) is 0 Å². The lowest BCUT2D eigenvalue weighted by Gasteiger charge is -1.95. The highest BCUT2D eigenvalue weighted by Crippen LogP contribution is 2.23. The zero-order valence-corrected chi connectivity index (χ0v) is 8.03. The standard InChI is InChI=1S/C8H7N5S/c9-13-11-4-7-3-10-12-8(7)6-1-2-14-5-6/h1-3,5H,4H2,(H,10,12). The third kappa shape index (κ3) is 1.61. The number of nitrogens with one attached hydrogen (secondary N) is 1. The molecule has 0 aliphatic rings. The Labute approximate surface area is 84.0 Å². The minimum Gasteiger partial charge on any atom is -0.278 e. The van der Waals surface area contributed by atoms with Crippen molar-refractivity contribution in [2.24, 2.45) is 5.11 Å². The summed E-state index contributed by atoms with van der Waals surface area (Å²) in [5.41, 5.74) is 11.1. The molecule has 2 heterocycles. The summed E-state index contributed by atoms with van der Waals surface area (Å²) in [4.78, 5) is 2.72. The van der Waals surface area contributed by atoms with E-state index in [1.807, 2.05) is 16.8 Å². The van der Waals surface area contributed by atoms with Crippen LogP contribution in [0.25, 0.3) is 21.7 Å². The molecule has 0 aromatic carbocycles. The van der Waals surface area contributed by atoms with Gasteiger partial charge in [-0.3, -0.25) is 5.10 Å². The Morgan fingerprint density at radius 3 is 3.29 bits per heavy atom. The van der Waals surface area contributed by atoms with Crippen molar-refractivity contribution in [1.82, 2.24) is 10.2 Å². The summed E-state index contributed by atoms with van der Waals surface area (Å²) in [6.45, 7) is 0.332. The van der Waals surface area contributed by atoms with Crippen LogP contribution in [0.4, 0.5) is 0 Å². The summed E-state index contributed by atoms with van der Waals surface area (Å²) < 4.78 is 0. The van der Waals surface area contributed by atoms with Crippen LogP contribution in [0.15, 0.2) is 28.1 Å². The van der Waals surface area contributed by atoms with Gasteiger partial charge in [-0.15, -0.1) is 0 Å². The van der Waals surface area contributed by atoms with Crippen LogP contribution in [0.1, 0.15) is 5.56 Å². The van der Waals surface area contributed by atoms with Crippen LogP contribution in [-0.2, 0) is 6.54 Å². The molecule has 0 fully saturated rings. The summed E-state index contributed by atoms with van der Waals surface area (Å²) in [5.74, 6) is 0. The van der Waals surface area contributed by atoms with Crippen LogP contribution < -0.4 is 0 Å². The Bertz CT molecular complexity index is 452. The molecule has 0 unspecified atom stereocenters. The van der Waals surface area contributed by atoms with Crippen LogP contribution >= 0.6 is 11.3 Å². The van der Waals surface area contributed by atoms with Crippen LogP contribution in [0.3, 0.4) is 0 Å². The van der Waals surface area contributed by atoms with Gasteiger partial charge in [-0.2, -0.15) is 16.4 Å². The Balaban J connectivity index is 2.34. The van der Waals surface area contributed by atoms with Gasteiger partial charge in [-0.05, 0) is 17.0 Å². The first kappa shape index (κ1) is 8.80. The number of aromatic nitrogens is 2. The molecule has 6 heteroatoms. The zero-order valence-electron chi connectivity index (χ0n) is 7.21. The number of hydrogen-bond acceptors (Lipinski definition) is 3. The molecule has 5 nitrogen and oxygen atoms in total. The van der Waals surface area contributed by atoms with Gasteiger partial charge in [0.15, 0.2) is 0 Å². The second-order valence-electron chi connectivity index (χ2n) is 2.67. The Morgan fingerprint density at radius 1 is 1.64 bits per heavy atom. The first-order chi connectivity index (χ1) is 6.92. The summed E-state index contributed by atoms with van der Waals surface area (Å²) in [6, 6.07) is 2.00. The van der Waals surface area contributed by atoms with E-state index in [1.54, 1.807) is 17.5 Å². The molecule has 14 heavy (non-hydrogen) atoms. The number of azide groups is 1. The Morgan fingerprint density at radius 2 is 2.57 bits per heavy atom. The Kier molecular flexibility index (Phi) is 2.48. The topological polar surface area (TPSA) is 77.4 Å². The maximum Gasteiger partial charge on any atom is 0.0691 e. The average molecular weight is 205 g/mol. The lowest BCUT2D eigenvalue weighted by molar-refractivity contribution is 1.05. The van der Waals surface area contributed by atoms with Crippen molar-refractivity contribution in [2.45, 2.75) is 6.54 Å². The second kappa shape index (κ2) is 3.95. The number of aromatic amines is 1. The maximum atomic E-state index is 8.22. The van der Waals surface area contributed by atoms with Gasteiger partial charge in [0.25, 0.3) is 0 Å². The lowest BCUT2D eigenvalue weighted by Crippen LogP contribution is -1.81. The molecular formula is C8H7N5S. The van der Waals surface area contributed by atoms with E-state index in [2.05, 4.69) is 20.2 Å². The van der Waals surface area contributed by atoms with E-state index in [1.165, 1.54) is 0 Å². The quantitative estimate of drug-likeness (QED) is 0.466. The van der Waals surface area contributed by atoms with Gasteiger partial charge in [-0.25, -0.2) is 0 Å². The molecular weight excluding hydrogens is 198 g/mol. The first-order valence-electron chi connectivity index (χ1n) is 3.97. The third-order valence-corrected chi connectivity index (χ3v) is 2.52. The van der Waals surface area contributed by atoms with E-state index in [-0.39, 0.29) is 0 Å². The smallest absolute Gasteiger partial charge is 0.0691 e. The van der Waals surface area contributed by atoms with Crippen molar-refractivity contribution in [1.29, 1.82) is 0 Å². The largest absolute Gasteiger partial charge is 0.278 e. The molecule has 70 valence electrons. The van der Waals surface area contributed by atoms with E-state index in [0.717, 1.165) is 16.8 Å². The van der Waals surface area contributed by atoms with Crippen molar-refractivity contribution >= 4 is 11.3 Å². The summed E-state index contributed by atoms with van der Waals surface area (Å²) >= 11 is 1.62. The van der Waals surface area contributed by atoms with E-state index < -0.39 is 0 Å². The molecule has 0 aliphatic carbocycles. The second-order valence-corrected chi connectivity index (χ2v) is 3.45. The Hall–Kier alpha value is -1.78. The van der Waals surface area contributed by atoms with E-state index >= 15 is 0 Å². The van der Waals surface area contributed by atoms with Crippen molar-refractivity contribution in [2.75, 3.05) is 0 Å². The van der Waals surface area contributed by atoms with E-state index in [0.29, 0.717) is 6.54 Å². The highest BCUT2D eigenvalue weighted by atomic mass is 32.1. The fourth-order valence-electron chi connectivity index (χ4n) is 1.20. The third-order valence-electron chi connectivity index (χ3n) is 1.83. The maximum absolute atomic E-state index is 8.22. The van der Waals surface area contributed by atoms with Crippen LogP contribution in [-0.4, -0.2) is 10.2 Å². The molecule has 0 saturated carbocycles. The number of nitrogens with zero attached hydrogens (tertiary/aromatic N) is 4. The minimum atomic E-state index is 0.332. The van der Waals surface area contributed by atoms with Gasteiger partial charge >= 0.3 is 0 Å². The predicted octanol–water partition coefficient (Wildman–Crippen LogP) is 2.95. The molecule has 1 N–H and O–H groups in total. The van der Waals surface area contributed by atoms with Crippen LogP contribution in [0.2, 0.25) is 0 Å². The SMILES string of the molecule is [N-]=[N+]=NCc1cn[nH]c1-c1ccsc1. The molecule has 0 radical (unpaired) electrons. The summed E-state index contributed by atoms with van der Waals surface area (Å²) in [6.07, 6.45) is 1.68. The molecule has 0 atom stereocenters. The van der Waals surface area contributed by atoms with Crippen LogP contribution in [0.5, 0.6) is 0 Å². The van der Waals surface area contributed by atoms with Gasteiger partial charge in [-0.1, -0.05) is 5.11 Å². The lowest BCUT2D eigenvalue weighted by atomic mass is 10.1. The highest BCUT2D eigenvalue weighted by molar-refractivity contribution is 7.08. The molecule has 0 aliphatic heterocycles. The van der Waals surface area contributed by atoms with Gasteiger partial charge in [0.1, 0.15) is 0 Å². The first-order valence-corrected chi connectivity index (χ1v) is 4.92. The molecule has 2 aromatic heterocycles. The van der Waals surface area contributed by atoms with Gasteiger partial charge < -0.3 is 0 Å². The number of hydrogen-bond donors (Lipinski definition) is 1. The molecule has 2 rings (SSSR count). The number of thiophene rings is 1. The molecule has 0 saturated heterocycles. The minimum absolute atomic E-state index is 0.332. The normalized spacial score (nSPS) is 9.71. The number of H-pyrrole nitrogens is 1. The molecule has 0 spiro atoms. The predicted molar refractivity (Wildman–Crippen MR) is 54.8 cm³/mol. The van der Waals surface area contributed by atoms with Crippen LogP contribution in [0, 0.1) is 0 Å². The molecule has 2 aromatic rings. The highest BCUT2D eigenvalue weighted by Gasteiger charge is 2.06. The van der Waals surface area contributed by atoms with Gasteiger partial charge in [0, 0.05) is 21.4 Å². The summed E-state index contributed by atoms with van der Waals surface area (Å²) in [5, 5.41) is 14.3. The van der Waals surface area contributed by atoms with Crippen molar-refractivity contribution in [3.05, 3.63) is 39.0 Å². The monoisotopic (exact) mass is 205 g/mol. The van der Waals surface area contributed by atoms with E-state index in [9.17, 15) is 0 Å².